The molecule has 0 aromatic heterocycles. The Hall–Kier alpha value is -3.35. The first kappa shape index (κ1) is 16.5. The van der Waals surface area contributed by atoms with Gasteiger partial charge in [0.2, 0.25) is 6.10 Å². The third-order valence-corrected chi connectivity index (χ3v) is 3.78. The number of benzene rings is 2. The zero-order chi connectivity index (χ0) is 18.0. The van der Waals surface area contributed by atoms with Crippen LogP contribution in [-0.2, 0) is 9.53 Å². The van der Waals surface area contributed by atoms with Gasteiger partial charge < -0.3 is 15.0 Å². The van der Waals surface area contributed by atoms with E-state index in [1.165, 1.54) is 0 Å². The third-order valence-electron chi connectivity index (χ3n) is 3.78. The van der Waals surface area contributed by atoms with E-state index in [4.69, 9.17) is 4.74 Å². The number of hydrogen-bond donors (Lipinski definition) is 2. The number of carbonyl (C=O) groups is 3. The maximum Gasteiger partial charge on any atom is 0.415 e. The fourth-order valence-corrected chi connectivity index (χ4v) is 2.45. The van der Waals surface area contributed by atoms with Crippen molar-refractivity contribution in [1.29, 1.82) is 0 Å². The molecule has 3 amide bonds. The molecule has 0 aliphatic carbocycles. The highest BCUT2D eigenvalue weighted by Gasteiger charge is 2.33. The predicted molar refractivity (Wildman–Crippen MR) is 92.5 cm³/mol. The predicted octanol–water partition coefficient (Wildman–Crippen LogP) is 2.31. The van der Waals surface area contributed by atoms with Crippen LogP contribution in [0.25, 0.3) is 0 Å². The Morgan fingerprint density at radius 3 is 2.44 bits per heavy atom. The topological polar surface area (TPSA) is 87.7 Å². The molecular formula is C18H17N3O4. The largest absolute Gasteiger partial charge is 0.431 e. The van der Waals surface area contributed by atoms with Gasteiger partial charge in [-0.05, 0) is 30.3 Å². The van der Waals surface area contributed by atoms with Crippen LogP contribution in [0.2, 0.25) is 0 Å². The first-order valence-electron chi connectivity index (χ1n) is 7.64. The number of carbonyl (C=O) groups excluding carboxylic acids is 3. The minimum Gasteiger partial charge on any atom is -0.431 e. The molecule has 1 aliphatic heterocycles. The standard InChI is InChI=1S/C18H17N3O4/c1-21(2)14-5-3-4-12(10-14)16(22)19-13-8-6-11(7-9-13)15-17(23)20-18(24)25-15/h3-10,15H,1-2H3,(H,19,22)(H,20,23,24). The first-order valence-corrected chi connectivity index (χ1v) is 7.64. The number of ether oxygens (including phenoxy) is 1. The highest BCUT2D eigenvalue weighted by Crippen LogP contribution is 2.24. The summed E-state index contributed by atoms with van der Waals surface area (Å²) in [5, 5.41) is 4.87. The number of cyclic esters (lactones) is 1. The summed E-state index contributed by atoms with van der Waals surface area (Å²) < 4.78 is 4.89. The van der Waals surface area contributed by atoms with Gasteiger partial charge in [-0.15, -0.1) is 0 Å². The maximum atomic E-state index is 12.4. The van der Waals surface area contributed by atoms with Gasteiger partial charge in [0.25, 0.3) is 11.8 Å². The van der Waals surface area contributed by atoms with Gasteiger partial charge in [-0.25, -0.2) is 4.79 Å². The number of hydrogen-bond acceptors (Lipinski definition) is 5. The van der Waals surface area contributed by atoms with Crippen LogP contribution in [0.15, 0.2) is 48.5 Å². The summed E-state index contributed by atoms with van der Waals surface area (Å²) in [6, 6.07) is 13.8. The molecule has 128 valence electrons. The van der Waals surface area contributed by atoms with Crippen molar-refractivity contribution >= 4 is 29.3 Å². The van der Waals surface area contributed by atoms with Crippen LogP contribution < -0.4 is 15.5 Å². The zero-order valence-electron chi connectivity index (χ0n) is 13.8. The molecule has 3 rings (SSSR count). The Labute approximate surface area is 144 Å². The Morgan fingerprint density at radius 2 is 1.84 bits per heavy atom. The number of amides is 3. The van der Waals surface area contributed by atoms with E-state index in [2.05, 4.69) is 10.6 Å². The van der Waals surface area contributed by atoms with Gasteiger partial charge >= 0.3 is 6.09 Å². The molecule has 1 fully saturated rings. The van der Waals surface area contributed by atoms with Crippen LogP contribution in [0.1, 0.15) is 22.0 Å². The molecule has 0 radical (unpaired) electrons. The smallest absolute Gasteiger partial charge is 0.415 e. The lowest BCUT2D eigenvalue weighted by molar-refractivity contribution is -0.123. The van der Waals surface area contributed by atoms with Gasteiger partial charge in [-0.1, -0.05) is 18.2 Å². The normalized spacial score (nSPS) is 16.2. The van der Waals surface area contributed by atoms with Crippen molar-refractivity contribution in [3.63, 3.8) is 0 Å². The first-order chi connectivity index (χ1) is 11.9. The summed E-state index contributed by atoms with van der Waals surface area (Å²) in [6.07, 6.45) is -1.71. The zero-order valence-corrected chi connectivity index (χ0v) is 13.8. The average Bonchev–Trinajstić information content (AvgIpc) is 2.94. The Kier molecular flexibility index (Phi) is 4.38. The van der Waals surface area contributed by atoms with Gasteiger partial charge in [0.05, 0.1) is 0 Å². The molecule has 2 aromatic rings. The second-order valence-electron chi connectivity index (χ2n) is 5.80. The SMILES string of the molecule is CN(C)c1cccc(C(=O)Nc2ccc(C3OC(=O)NC3=O)cc2)c1. The number of nitrogens with zero attached hydrogens (tertiary/aromatic N) is 1. The van der Waals surface area contributed by atoms with Crippen LogP contribution in [0.3, 0.4) is 0 Å². The molecular weight excluding hydrogens is 322 g/mol. The summed E-state index contributed by atoms with van der Waals surface area (Å²) in [7, 11) is 3.81. The highest BCUT2D eigenvalue weighted by atomic mass is 16.6. The van der Waals surface area contributed by atoms with Crippen LogP contribution in [0.5, 0.6) is 0 Å². The third kappa shape index (κ3) is 3.60. The molecule has 2 aromatic carbocycles. The van der Waals surface area contributed by atoms with Crippen molar-refractivity contribution < 1.29 is 19.1 Å². The molecule has 25 heavy (non-hydrogen) atoms. The highest BCUT2D eigenvalue weighted by molar-refractivity contribution is 6.05. The van der Waals surface area contributed by atoms with E-state index < -0.39 is 18.1 Å². The van der Waals surface area contributed by atoms with Gasteiger partial charge in [0, 0.05) is 36.6 Å². The van der Waals surface area contributed by atoms with Crippen molar-refractivity contribution in [3.05, 3.63) is 59.7 Å². The fourth-order valence-electron chi connectivity index (χ4n) is 2.45. The summed E-state index contributed by atoms with van der Waals surface area (Å²) >= 11 is 0. The molecule has 1 atom stereocenters. The van der Waals surface area contributed by atoms with Gasteiger partial charge in [-0.3, -0.25) is 14.9 Å². The lowest BCUT2D eigenvalue weighted by Gasteiger charge is -2.13. The number of imide groups is 1. The number of rotatable bonds is 4. The fraction of sp³-hybridized carbons (Fsp3) is 0.167. The second kappa shape index (κ2) is 6.64. The number of alkyl carbamates (subject to hydrolysis) is 1. The van der Waals surface area contributed by atoms with Crippen molar-refractivity contribution in [2.45, 2.75) is 6.10 Å². The van der Waals surface area contributed by atoms with Gasteiger partial charge in [0.15, 0.2) is 0 Å². The summed E-state index contributed by atoms with van der Waals surface area (Å²) in [4.78, 5) is 36.9. The molecule has 1 aliphatic rings. The molecule has 0 saturated carbocycles. The quantitative estimate of drug-likeness (QED) is 0.892. The Bertz CT molecular complexity index is 830. The van der Waals surface area contributed by atoms with Crippen LogP contribution in [0, 0.1) is 0 Å². The average molecular weight is 339 g/mol. The minimum atomic E-state index is -0.950. The lowest BCUT2D eigenvalue weighted by Crippen LogP contribution is -2.20. The summed E-state index contributed by atoms with van der Waals surface area (Å²) in [6.45, 7) is 0. The van der Waals surface area contributed by atoms with E-state index >= 15 is 0 Å². The monoisotopic (exact) mass is 339 g/mol. The Morgan fingerprint density at radius 1 is 1.12 bits per heavy atom. The molecule has 1 heterocycles. The molecule has 0 bridgehead atoms. The van der Waals surface area contributed by atoms with Gasteiger partial charge in [0.1, 0.15) is 0 Å². The lowest BCUT2D eigenvalue weighted by atomic mass is 10.1. The van der Waals surface area contributed by atoms with Gasteiger partial charge in [-0.2, -0.15) is 0 Å². The van der Waals surface area contributed by atoms with E-state index in [1.54, 1.807) is 36.4 Å². The van der Waals surface area contributed by atoms with Crippen molar-refractivity contribution in [2.24, 2.45) is 0 Å². The van der Waals surface area contributed by atoms with E-state index in [9.17, 15) is 14.4 Å². The van der Waals surface area contributed by atoms with Crippen LogP contribution >= 0.6 is 0 Å². The van der Waals surface area contributed by atoms with Crippen molar-refractivity contribution in [3.8, 4) is 0 Å². The number of nitrogens with one attached hydrogen (secondary N) is 2. The maximum absolute atomic E-state index is 12.4. The second-order valence-corrected chi connectivity index (χ2v) is 5.80. The molecule has 1 unspecified atom stereocenters. The molecule has 0 spiro atoms. The van der Waals surface area contributed by atoms with E-state index in [0.717, 1.165) is 5.69 Å². The summed E-state index contributed by atoms with van der Waals surface area (Å²) in [5.74, 6) is -0.733. The molecule has 7 nitrogen and oxygen atoms in total. The van der Waals surface area contributed by atoms with E-state index in [-0.39, 0.29) is 5.91 Å². The number of anilines is 2. The summed E-state index contributed by atoms with van der Waals surface area (Å²) in [5.41, 5.74) is 2.58. The van der Waals surface area contributed by atoms with E-state index in [1.807, 2.05) is 31.1 Å². The van der Waals surface area contributed by atoms with Crippen LogP contribution in [-0.4, -0.2) is 32.0 Å². The van der Waals surface area contributed by atoms with Crippen molar-refractivity contribution in [1.82, 2.24) is 5.32 Å². The van der Waals surface area contributed by atoms with Crippen molar-refractivity contribution in [2.75, 3.05) is 24.3 Å². The van der Waals surface area contributed by atoms with Crippen LogP contribution in [0.4, 0.5) is 16.2 Å². The van der Waals surface area contributed by atoms with E-state index in [0.29, 0.717) is 16.8 Å². The molecule has 1 saturated heterocycles. The molecule has 2 N–H and O–H groups in total. The minimum absolute atomic E-state index is 0.235. The molecule has 7 heteroatoms. The Balaban J connectivity index is 1.71.